The number of nitrogens with zero attached hydrogens (tertiary/aromatic N) is 1. The lowest BCUT2D eigenvalue weighted by molar-refractivity contribution is -0.0320. The van der Waals surface area contributed by atoms with Crippen LogP contribution in [0.2, 0.25) is 0 Å². The predicted molar refractivity (Wildman–Crippen MR) is 60.5 cm³/mol. The molecule has 0 radical (unpaired) electrons. The van der Waals surface area contributed by atoms with Crippen LogP contribution in [0.3, 0.4) is 0 Å². The van der Waals surface area contributed by atoms with Crippen molar-refractivity contribution in [3.8, 4) is 0 Å². The summed E-state index contributed by atoms with van der Waals surface area (Å²) in [4.78, 5) is 0.0883. The molecule has 0 spiro atoms. The lowest BCUT2D eigenvalue weighted by Gasteiger charge is -2.14. The first kappa shape index (κ1) is 12.5. The number of alkyl halides is 1. The van der Waals surface area contributed by atoms with E-state index in [1.165, 1.54) is 12.1 Å². The third kappa shape index (κ3) is 3.02. The van der Waals surface area contributed by atoms with E-state index in [1.807, 2.05) is 6.92 Å². The molecule has 0 unspecified atom stereocenters. The van der Waals surface area contributed by atoms with Crippen LogP contribution in [0.15, 0.2) is 29.2 Å². The quantitative estimate of drug-likeness (QED) is 0.828. The largest absolute Gasteiger partial charge is 0.313 e. The van der Waals surface area contributed by atoms with Crippen LogP contribution < -0.4 is 0 Å². The molecule has 1 aromatic rings. The first-order valence-electron chi connectivity index (χ1n) is 5.38. The number of halogens is 1. The Balaban J connectivity index is 2.11. The van der Waals surface area contributed by atoms with Gasteiger partial charge < -0.3 is 0 Å². The van der Waals surface area contributed by atoms with Crippen molar-refractivity contribution in [3.63, 3.8) is 0 Å². The van der Waals surface area contributed by atoms with Crippen molar-refractivity contribution in [3.05, 3.63) is 29.8 Å². The van der Waals surface area contributed by atoms with Gasteiger partial charge in [0.1, 0.15) is 6.17 Å². The summed E-state index contributed by atoms with van der Waals surface area (Å²) in [7, 11) is -3.82. The van der Waals surface area contributed by atoms with Gasteiger partial charge in [0.2, 0.25) is 0 Å². The van der Waals surface area contributed by atoms with E-state index >= 15 is 0 Å². The molecule has 6 heteroatoms. The molecule has 1 aliphatic heterocycles. The molecule has 0 amide bonds. The van der Waals surface area contributed by atoms with Gasteiger partial charge in [-0.1, -0.05) is 17.7 Å². The number of rotatable bonds is 3. The molecule has 1 heterocycles. The van der Waals surface area contributed by atoms with Crippen LogP contribution in [0.4, 0.5) is 4.39 Å². The maximum atomic E-state index is 12.9. The first-order chi connectivity index (χ1) is 7.97. The Labute approximate surface area is 100 Å². The van der Waals surface area contributed by atoms with Crippen LogP contribution in [0, 0.1) is 6.92 Å². The summed E-state index contributed by atoms with van der Waals surface area (Å²) in [6.45, 7) is 2.17. The van der Waals surface area contributed by atoms with Gasteiger partial charge in [-0.3, -0.25) is 0 Å². The Kier molecular flexibility index (Phi) is 3.46. The maximum Gasteiger partial charge on any atom is 0.313 e. The van der Waals surface area contributed by atoms with Crippen LogP contribution in [-0.4, -0.2) is 32.7 Å². The fourth-order valence-electron chi connectivity index (χ4n) is 1.64. The molecule has 1 saturated heterocycles. The fourth-order valence-corrected chi connectivity index (χ4v) is 2.61. The average Bonchev–Trinajstić information content (AvgIpc) is 2.63. The average molecular weight is 259 g/mol. The maximum absolute atomic E-state index is 12.9. The molecule has 94 valence electrons. The van der Waals surface area contributed by atoms with Crippen molar-refractivity contribution in [2.45, 2.75) is 24.4 Å². The fraction of sp³-hybridized carbons (Fsp3) is 0.455. The molecular weight excluding hydrogens is 245 g/mol. The SMILES string of the molecule is Cc1ccc(S(=O)(=O)ON2CC[C@@H](F)C2)cc1. The third-order valence-electron chi connectivity index (χ3n) is 2.61. The van der Waals surface area contributed by atoms with Gasteiger partial charge in [-0.25, -0.2) is 4.39 Å². The van der Waals surface area contributed by atoms with Gasteiger partial charge in [0.05, 0.1) is 11.4 Å². The minimum Gasteiger partial charge on any atom is -0.246 e. The van der Waals surface area contributed by atoms with Gasteiger partial charge in [0.15, 0.2) is 0 Å². The van der Waals surface area contributed by atoms with Crippen LogP contribution in [0.5, 0.6) is 0 Å². The van der Waals surface area contributed by atoms with Gasteiger partial charge in [0, 0.05) is 6.54 Å². The monoisotopic (exact) mass is 259 g/mol. The van der Waals surface area contributed by atoms with Gasteiger partial charge in [-0.05, 0) is 25.5 Å². The summed E-state index contributed by atoms with van der Waals surface area (Å²) in [6, 6.07) is 6.34. The van der Waals surface area contributed by atoms with E-state index in [0.29, 0.717) is 13.0 Å². The van der Waals surface area contributed by atoms with E-state index in [-0.39, 0.29) is 11.4 Å². The number of hydrogen-bond donors (Lipinski definition) is 0. The predicted octanol–water partition coefficient (Wildman–Crippen LogP) is 1.66. The molecule has 4 nitrogen and oxygen atoms in total. The van der Waals surface area contributed by atoms with Gasteiger partial charge in [-0.2, -0.15) is 17.8 Å². The first-order valence-corrected chi connectivity index (χ1v) is 6.78. The van der Waals surface area contributed by atoms with E-state index < -0.39 is 16.3 Å². The van der Waals surface area contributed by atoms with Crippen molar-refractivity contribution < 1.29 is 17.1 Å². The molecule has 0 bridgehead atoms. The second-order valence-corrected chi connectivity index (χ2v) is 5.64. The number of hydrogen-bond acceptors (Lipinski definition) is 4. The summed E-state index contributed by atoms with van der Waals surface area (Å²) in [6.07, 6.45) is -0.702. The van der Waals surface area contributed by atoms with Crippen LogP contribution >= 0.6 is 0 Å². The molecule has 1 atom stereocenters. The normalized spacial score (nSPS) is 21.9. The standard InChI is InChI=1S/C11H14FNO3S/c1-9-2-4-11(5-3-9)17(14,15)16-13-7-6-10(12)8-13/h2-5,10H,6-8H2,1H3/t10-/m1/s1. The Morgan fingerprint density at radius 1 is 1.35 bits per heavy atom. The van der Waals surface area contributed by atoms with Gasteiger partial charge in [0.25, 0.3) is 0 Å². The number of aryl methyl sites for hydroxylation is 1. The molecule has 0 aromatic heterocycles. The van der Waals surface area contributed by atoms with E-state index in [4.69, 9.17) is 4.28 Å². The topological polar surface area (TPSA) is 46.6 Å². The zero-order chi connectivity index (χ0) is 12.5. The molecule has 0 N–H and O–H groups in total. The highest BCUT2D eigenvalue weighted by Gasteiger charge is 2.28. The second-order valence-electron chi connectivity index (χ2n) is 4.12. The molecular formula is C11H14FNO3S. The Morgan fingerprint density at radius 3 is 2.53 bits per heavy atom. The summed E-state index contributed by atoms with van der Waals surface area (Å²) >= 11 is 0. The molecule has 0 aliphatic carbocycles. The summed E-state index contributed by atoms with van der Waals surface area (Å²) < 4.78 is 41.4. The zero-order valence-electron chi connectivity index (χ0n) is 9.47. The summed E-state index contributed by atoms with van der Waals surface area (Å²) in [5.41, 5.74) is 0.967. The lowest BCUT2D eigenvalue weighted by atomic mass is 10.2. The minimum atomic E-state index is -3.82. The number of hydroxylamine groups is 2. The Bertz CT molecular complexity index is 486. The van der Waals surface area contributed by atoms with E-state index in [1.54, 1.807) is 12.1 Å². The molecule has 1 aliphatic rings. The van der Waals surface area contributed by atoms with Crippen LogP contribution in [-0.2, 0) is 14.4 Å². The van der Waals surface area contributed by atoms with Crippen molar-refractivity contribution >= 4 is 10.1 Å². The van der Waals surface area contributed by atoms with Crippen LogP contribution in [0.1, 0.15) is 12.0 Å². The highest BCUT2D eigenvalue weighted by molar-refractivity contribution is 7.86. The zero-order valence-corrected chi connectivity index (χ0v) is 10.3. The second kappa shape index (κ2) is 4.72. The molecule has 1 aromatic carbocycles. The van der Waals surface area contributed by atoms with Crippen molar-refractivity contribution in [1.82, 2.24) is 5.06 Å². The molecule has 2 rings (SSSR count). The highest BCUT2D eigenvalue weighted by atomic mass is 32.2. The molecule has 1 fully saturated rings. The minimum absolute atomic E-state index is 0.00505. The van der Waals surface area contributed by atoms with Crippen LogP contribution in [0.25, 0.3) is 0 Å². The molecule has 0 saturated carbocycles. The van der Waals surface area contributed by atoms with E-state index in [0.717, 1.165) is 10.6 Å². The van der Waals surface area contributed by atoms with Gasteiger partial charge in [-0.15, -0.1) is 0 Å². The summed E-state index contributed by atoms with van der Waals surface area (Å²) in [5, 5.41) is 1.15. The van der Waals surface area contributed by atoms with Crippen molar-refractivity contribution in [1.29, 1.82) is 0 Å². The van der Waals surface area contributed by atoms with Crippen molar-refractivity contribution in [2.24, 2.45) is 0 Å². The number of benzene rings is 1. The molecule has 17 heavy (non-hydrogen) atoms. The van der Waals surface area contributed by atoms with Gasteiger partial charge >= 0.3 is 10.1 Å². The smallest absolute Gasteiger partial charge is 0.246 e. The lowest BCUT2D eigenvalue weighted by Crippen LogP contribution is -2.25. The Morgan fingerprint density at radius 2 is 2.00 bits per heavy atom. The summed E-state index contributed by atoms with van der Waals surface area (Å²) in [5.74, 6) is 0. The van der Waals surface area contributed by atoms with E-state index in [2.05, 4.69) is 0 Å². The Hall–Kier alpha value is -0.980. The van der Waals surface area contributed by atoms with E-state index in [9.17, 15) is 12.8 Å². The highest BCUT2D eigenvalue weighted by Crippen LogP contribution is 2.19. The third-order valence-corrected chi connectivity index (χ3v) is 3.86. The van der Waals surface area contributed by atoms with Crippen molar-refractivity contribution in [2.75, 3.05) is 13.1 Å².